The molecule has 63 heavy (non-hydrogen) atoms. The van der Waals surface area contributed by atoms with Crippen LogP contribution in [0, 0.1) is 0 Å². The molecule has 13 rings (SSSR count). The summed E-state index contributed by atoms with van der Waals surface area (Å²) in [7, 11) is 0. The molecule has 0 N–H and O–H groups in total. The number of benzene rings is 9. The van der Waals surface area contributed by atoms with Gasteiger partial charge in [0.25, 0.3) is 0 Å². The van der Waals surface area contributed by atoms with Gasteiger partial charge in [-0.15, -0.1) is 11.3 Å². The minimum atomic E-state index is 0.673. The first kappa shape index (κ1) is 35.6. The molecule has 0 amide bonds. The number of fused-ring (bicyclic) bond motifs is 10. The van der Waals surface area contributed by atoms with Crippen LogP contribution in [0.3, 0.4) is 0 Å². The summed E-state index contributed by atoms with van der Waals surface area (Å²) in [5.74, 6) is 0.673. The summed E-state index contributed by atoms with van der Waals surface area (Å²) in [4.78, 5) is 10.6. The second-order valence-electron chi connectivity index (χ2n) is 16.1. The lowest BCUT2D eigenvalue weighted by Gasteiger charge is -2.19. The molecule has 0 saturated heterocycles. The number of nitrogens with zero attached hydrogens (tertiary/aromatic N) is 4. The van der Waals surface area contributed by atoms with Gasteiger partial charge in [-0.3, -0.25) is 0 Å². The smallest absolute Gasteiger partial charge is 0.160 e. The molecule has 0 fully saturated rings. The number of thiophene rings is 1. The number of para-hydroxylation sites is 4. The van der Waals surface area contributed by atoms with Gasteiger partial charge in [-0.2, -0.15) is 0 Å². The van der Waals surface area contributed by atoms with Crippen LogP contribution in [0.4, 0.5) is 0 Å². The molecule has 0 unspecified atom stereocenters. The first-order valence-electron chi connectivity index (χ1n) is 21.3. The predicted molar refractivity (Wildman–Crippen MR) is 265 cm³/mol. The minimum absolute atomic E-state index is 0.673. The van der Waals surface area contributed by atoms with Gasteiger partial charge in [-0.05, 0) is 60.7 Å². The summed E-state index contributed by atoms with van der Waals surface area (Å²) in [6, 6.07) is 78.4. The van der Waals surface area contributed by atoms with Crippen LogP contribution in [0.1, 0.15) is 0 Å². The molecular weight excluding hydrogens is 785 g/mol. The number of aromatic nitrogens is 4. The predicted octanol–water partition coefficient (Wildman–Crippen LogP) is 15.7. The van der Waals surface area contributed by atoms with Gasteiger partial charge in [0.05, 0.1) is 44.8 Å². The molecule has 0 bridgehead atoms. The summed E-state index contributed by atoms with van der Waals surface area (Å²) in [5.41, 5.74) is 13.8. The lowest BCUT2D eigenvalue weighted by molar-refractivity contribution is 1.15. The second-order valence-corrected chi connectivity index (χ2v) is 17.2. The van der Waals surface area contributed by atoms with E-state index in [1.807, 2.05) is 23.5 Å². The van der Waals surface area contributed by atoms with E-state index in [9.17, 15) is 0 Å². The lowest BCUT2D eigenvalue weighted by Crippen LogP contribution is -2.02. The molecule has 0 spiro atoms. The summed E-state index contributed by atoms with van der Waals surface area (Å²) in [5, 5.41) is 7.57. The fraction of sp³-hybridized carbons (Fsp3) is 0. The van der Waals surface area contributed by atoms with Crippen molar-refractivity contribution < 1.29 is 0 Å². The Morgan fingerprint density at radius 2 is 0.857 bits per heavy atom. The van der Waals surface area contributed by atoms with E-state index in [1.165, 1.54) is 58.3 Å². The highest BCUT2D eigenvalue weighted by Crippen LogP contribution is 2.46. The van der Waals surface area contributed by atoms with E-state index in [4.69, 9.17) is 9.97 Å². The maximum Gasteiger partial charge on any atom is 0.160 e. The van der Waals surface area contributed by atoms with Gasteiger partial charge in [0, 0.05) is 69.5 Å². The molecule has 0 saturated carbocycles. The lowest BCUT2D eigenvalue weighted by atomic mass is 9.97. The average Bonchev–Trinajstić information content (AvgIpc) is 4.02. The van der Waals surface area contributed by atoms with Crippen molar-refractivity contribution in [3.05, 3.63) is 218 Å². The summed E-state index contributed by atoms with van der Waals surface area (Å²) in [6.07, 6.45) is 0. The van der Waals surface area contributed by atoms with E-state index in [0.717, 1.165) is 56.1 Å². The van der Waals surface area contributed by atoms with Crippen molar-refractivity contribution in [3.8, 4) is 56.4 Å². The summed E-state index contributed by atoms with van der Waals surface area (Å²) < 4.78 is 7.53. The van der Waals surface area contributed by atoms with Crippen LogP contribution < -0.4 is 0 Å². The molecule has 13 aromatic rings. The van der Waals surface area contributed by atoms with E-state index in [0.29, 0.717) is 5.82 Å². The van der Waals surface area contributed by atoms with E-state index in [1.54, 1.807) is 0 Å². The highest BCUT2D eigenvalue weighted by atomic mass is 32.1. The Morgan fingerprint density at radius 3 is 1.54 bits per heavy atom. The summed E-state index contributed by atoms with van der Waals surface area (Å²) in [6.45, 7) is 0. The maximum absolute atomic E-state index is 5.31. The SMILES string of the molecule is c1ccc(-c2cc(-c3ccccc3)nc(-c3ccc(-n4c5ccccc5c5c6sc7ccccc7c6ccc54)c(-c4ccccc4-n4c5ccccc5c5ccccc54)c3)n2)cc1. The molecule has 4 heterocycles. The van der Waals surface area contributed by atoms with Crippen molar-refractivity contribution in [2.75, 3.05) is 0 Å². The Hall–Kier alpha value is -8.12. The van der Waals surface area contributed by atoms with Crippen LogP contribution in [0.15, 0.2) is 218 Å². The number of hydrogen-bond donors (Lipinski definition) is 0. The van der Waals surface area contributed by atoms with Gasteiger partial charge in [0.15, 0.2) is 5.82 Å². The molecule has 0 aliphatic rings. The van der Waals surface area contributed by atoms with Crippen molar-refractivity contribution in [1.29, 1.82) is 0 Å². The van der Waals surface area contributed by atoms with Gasteiger partial charge in [-0.1, -0.05) is 158 Å². The molecule has 4 aromatic heterocycles. The van der Waals surface area contributed by atoms with Crippen molar-refractivity contribution in [3.63, 3.8) is 0 Å². The molecule has 4 nitrogen and oxygen atoms in total. The maximum atomic E-state index is 5.31. The first-order chi connectivity index (χ1) is 31.3. The van der Waals surface area contributed by atoms with Crippen molar-refractivity contribution >= 4 is 75.1 Å². The fourth-order valence-electron chi connectivity index (χ4n) is 9.75. The molecule has 294 valence electrons. The molecule has 0 aliphatic heterocycles. The summed E-state index contributed by atoms with van der Waals surface area (Å²) >= 11 is 1.88. The van der Waals surface area contributed by atoms with Gasteiger partial charge < -0.3 is 9.13 Å². The van der Waals surface area contributed by atoms with Crippen LogP contribution >= 0.6 is 11.3 Å². The Morgan fingerprint density at radius 1 is 0.333 bits per heavy atom. The van der Waals surface area contributed by atoms with Crippen LogP contribution in [-0.4, -0.2) is 19.1 Å². The van der Waals surface area contributed by atoms with Gasteiger partial charge in [0.1, 0.15) is 0 Å². The van der Waals surface area contributed by atoms with Crippen LogP contribution in [0.25, 0.3) is 120 Å². The largest absolute Gasteiger partial charge is 0.309 e. The molecule has 5 heteroatoms. The van der Waals surface area contributed by atoms with E-state index < -0.39 is 0 Å². The van der Waals surface area contributed by atoms with E-state index >= 15 is 0 Å². The minimum Gasteiger partial charge on any atom is -0.309 e. The highest BCUT2D eigenvalue weighted by molar-refractivity contribution is 7.26. The van der Waals surface area contributed by atoms with Crippen molar-refractivity contribution in [2.45, 2.75) is 0 Å². The third kappa shape index (κ3) is 5.60. The van der Waals surface area contributed by atoms with Crippen LogP contribution in [-0.2, 0) is 0 Å². The van der Waals surface area contributed by atoms with Gasteiger partial charge >= 0.3 is 0 Å². The Balaban J connectivity index is 1.13. The number of rotatable bonds is 6. The van der Waals surface area contributed by atoms with Crippen LogP contribution in [0.2, 0.25) is 0 Å². The van der Waals surface area contributed by atoms with Gasteiger partial charge in [-0.25, -0.2) is 9.97 Å². The average molecular weight is 821 g/mol. The Labute approximate surface area is 367 Å². The van der Waals surface area contributed by atoms with E-state index in [2.05, 4.69) is 215 Å². The third-order valence-electron chi connectivity index (χ3n) is 12.6. The second kappa shape index (κ2) is 14.2. The third-order valence-corrected chi connectivity index (χ3v) is 13.8. The highest BCUT2D eigenvalue weighted by Gasteiger charge is 2.23. The number of hydrogen-bond acceptors (Lipinski definition) is 3. The Kier molecular flexibility index (Phi) is 8.05. The molecule has 0 radical (unpaired) electrons. The van der Waals surface area contributed by atoms with Crippen molar-refractivity contribution in [1.82, 2.24) is 19.1 Å². The first-order valence-corrected chi connectivity index (χ1v) is 22.1. The Bertz CT molecular complexity index is 3800. The zero-order chi connectivity index (χ0) is 41.4. The van der Waals surface area contributed by atoms with Crippen molar-refractivity contribution in [2.24, 2.45) is 0 Å². The fourth-order valence-corrected chi connectivity index (χ4v) is 11.0. The molecule has 9 aromatic carbocycles. The molecular formula is C58H36N4S. The topological polar surface area (TPSA) is 35.6 Å². The standard InChI is InChI=1S/C58H36N4S/c1-3-17-37(18-4-1)47-36-48(38-19-5-2-6-20-38)60-58(59-47)39-31-33-53(62-52-29-15-10-25-45(52)56-54(62)34-32-44-43-24-11-16-30-55(43)63-57(44)56)46(35-39)42-23-9-14-28-51(42)61-49-26-12-7-21-40(49)41-22-8-13-27-50(41)61/h1-36H. The molecule has 0 aliphatic carbocycles. The zero-order valence-corrected chi connectivity index (χ0v) is 34.8. The van der Waals surface area contributed by atoms with Gasteiger partial charge in [0.2, 0.25) is 0 Å². The quantitative estimate of drug-likeness (QED) is 0.167. The zero-order valence-electron chi connectivity index (χ0n) is 34.0. The molecule has 0 atom stereocenters. The monoisotopic (exact) mass is 820 g/mol. The normalized spacial score (nSPS) is 11.8. The van der Waals surface area contributed by atoms with Crippen LogP contribution in [0.5, 0.6) is 0 Å². The van der Waals surface area contributed by atoms with E-state index in [-0.39, 0.29) is 0 Å².